The predicted octanol–water partition coefficient (Wildman–Crippen LogP) is 5.02. The fourth-order valence-electron chi connectivity index (χ4n) is 3.52. The first-order chi connectivity index (χ1) is 13.7. The zero-order valence-corrected chi connectivity index (χ0v) is 15.9. The van der Waals surface area contributed by atoms with Crippen LogP contribution in [0, 0.1) is 0 Å². The van der Waals surface area contributed by atoms with E-state index in [4.69, 9.17) is 9.47 Å². The molecular weight excluding hydrogens is 350 g/mol. The van der Waals surface area contributed by atoms with E-state index < -0.39 is 0 Å². The third-order valence-corrected chi connectivity index (χ3v) is 5.02. The number of rotatable bonds is 6. The Kier molecular flexibility index (Phi) is 5.29. The van der Waals surface area contributed by atoms with Gasteiger partial charge in [0.2, 0.25) is 0 Å². The van der Waals surface area contributed by atoms with Crippen molar-refractivity contribution in [2.24, 2.45) is 0 Å². The van der Waals surface area contributed by atoms with E-state index in [1.54, 1.807) is 25.3 Å². The lowest BCUT2D eigenvalue weighted by molar-refractivity contribution is 0.102. The number of carbonyl (C=O) groups is 1. The largest absolute Gasteiger partial charge is 0.493 e. The van der Waals surface area contributed by atoms with E-state index in [9.17, 15) is 4.79 Å². The fraction of sp³-hybridized carbons (Fsp3) is 0.208. The molecule has 3 aromatic rings. The van der Waals surface area contributed by atoms with Gasteiger partial charge in [0.1, 0.15) is 6.61 Å². The summed E-state index contributed by atoms with van der Waals surface area (Å²) in [4.78, 5) is 12.7. The Hall–Kier alpha value is -3.27. The maximum atomic E-state index is 12.7. The molecule has 0 saturated carbocycles. The van der Waals surface area contributed by atoms with Gasteiger partial charge in [-0.05, 0) is 66.3 Å². The van der Waals surface area contributed by atoms with E-state index in [0.29, 0.717) is 23.7 Å². The second kappa shape index (κ2) is 8.17. The van der Waals surface area contributed by atoms with Crippen molar-refractivity contribution in [2.45, 2.75) is 25.9 Å². The number of ether oxygens (including phenoxy) is 2. The molecule has 4 heteroatoms. The fourth-order valence-corrected chi connectivity index (χ4v) is 3.52. The molecule has 0 bridgehead atoms. The molecule has 0 aromatic heterocycles. The van der Waals surface area contributed by atoms with Gasteiger partial charge in [-0.3, -0.25) is 4.79 Å². The number of hydrogen-bond acceptors (Lipinski definition) is 3. The van der Waals surface area contributed by atoms with Crippen LogP contribution in [0.15, 0.2) is 66.7 Å². The zero-order chi connectivity index (χ0) is 19.3. The van der Waals surface area contributed by atoms with Crippen LogP contribution in [0.1, 0.15) is 33.5 Å². The number of nitrogens with one attached hydrogen (secondary N) is 1. The summed E-state index contributed by atoms with van der Waals surface area (Å²) >= 11 is 0. The van der Waals surface area contributed by atoms with Crippen LogP contribution >= 0.6 is 0 Å². The van der Waals surface area contributed by atoms with Crippen LogP contribution in [0.4, 0.5) is 5.69 Å². The predicted molar refractivity (Wildman–Crippen MR) is 110 cm³/mol. The third-order valence-electron chi connectivity index (χ3n) is 5.02. The second-order valence-corrected chi connectivity index (χ2v) is 6.93. The quantitative estimate of drug-likeness (QED) is 0.660. The summed E-state index contributed by atoms with van der Waals surface area (Å²) < 4.78 is 11.3. The molecular formula is C24H23NO3. The van der Waals surface area contributed by atoms with Gasteiger partial charge in [0.05, 0.1) is 7.11 Å². The standard InChI is InChI=1S/C24H23NO3/c1-27-23-15-20(11-13-22(23)28-16-17-6-3-2-4-7-17)24(26)25-21-12-10-18-8-5-9-19(18)14-21/h2-4,6-7,10-15H,5,8-9,16H2,1H3,(H,25,26). The van der Waals surface area contributed by atoms with E-state index in [0.717, 1.165) is 24.1 Å². The van der Waals surface area contributed by atoms with Crippen molar-refractivity contribution < 1.29 is 14.3 Å². The summed E-state index contributed by atoms with van der Waals surface area (Å²) in [6.07, 6.45) is 3.40. The number of benzene rings is 3. The lowest BCUT2D eigenvalue weighted by atomic mass is 10.1. The number of amides is 1. The lowest BCUT2D eigenvalue weighted by Crippen LogP contribution is -2.12. The van der Waals surface area contributed by atoms with Crippen LogP contribution in [0.5, 0.6) is 11.5 Å². The number of anilines is 1. The number of fused-ring (bicyclic) bond motifs is 1. The van der Waals surface area contributed by atoms with Crippen molar-refractivity contribution in [3.63, 3.8) is 0 Å². The van der Waals surface area contributed by atoms with E-state index in [1.807, 2.05) is 36.4 Å². The van der Waals surface area contributed by atoms with Crippen molar-refractivity contribution in [1.82, 2.24) is 0 Å². The molecule has 0 spiro atoms. The molecule has 0 saturated heterocycles. The number of carbonyl (C=O) groups excluding carboxylic acids is 1. The van der Waals surface area contributed by atoms with Gasteiger partial charge in [0, 0.05) is 11.3 Å². The molecule has 0 unspecified atom stereocenters. The van der Waals surface area contributed by atoms with Gasteiger partial charge < -0.3 is 14.8 Å². The normalized spacial score (nSPS) is 12.3. The van der Waals surface area contributed by atoms with Crippen LogP contribution in [0.2, 0.25) is 0 Å². The topological polar surface area (TPSA) is 47.6 Å². The molecule has 28 heavy (non-hydrogen) atoms. The van der Waals surface area contributed by atoms with E-state index in [-0.39, 0.29) is 5.91 Å². The summed E-state index contributed by atoms with van der Waals surface area (Å²) in [5.41, 5.74) is 5.15. The van der Waals surface area contributed by atoms with Crippen molar-refractivity contribution in [3.8, 4) is 11.5 Å². The number of hydrogen-bond donors (Lipinski definition) is 1. The van der Waals surface area contributed by atoms with Gasteiger partial charge in [-0.1, -0.05) is 36.4 Å². The Balaban J connectivity index is 1.46. The highest BCUT2D eigenvalue weighted by atomic mass is 16.5. The molecule has 4 rings (SSSR count). The first kappa shape index (κ1) is 18.1. The van der Waals surface area contributed by atoms with Gasteiger partial charge in [0.15, 0.2) is 11.5 Å². The number of methoxy groups -OCH3 is 1. The Morgan fingerprint density at radius 1 is 0.929 bits per heavy atom. The average molecular weight is 373 g/mol. The summed E-state index contributed by atoms with van der Waals surface area (Å²) in [6, 6.07) is 21.3. The molecule has 4 nitrogen and oxygen atoms in total. The van der Waals surface area contributed by atoms with Crippen LogP contribution in [-0.2, 0) is 19.4 Å². The van der Waals surface area contributed by atoms with E-state index >= 15 is 0 Å². The molecule has 0 radical (unpaired) electrons. The molecule has 142 valence electrons. The van der Waals surface area contributed by atoms with Gasteiger partial charge in [-0.15, -0.1) is 0 Å². The molecule has 0 atom stereocenters. The van der Waals surface area contributed by atoms with Crippen molar-refractivity contribution in [3.05, 3.63) is 89.0 Å². The molecule has 0 fully saturated rings. The van der Waals surface area contributed by atoms with Crippen LogP contribution in [-0.4, -0.2) is 13.0 Å². The van der Waals surface area contributed by atoms with E-state index in [1.165, 1.54) is 17.5 Å². The minimum atomic E-state index is -0.161. The van der Waals surface area contributed by atoms with Gasteiger partial charge in [-0.25, -0.2) is 0 Å². The van der Waals surface area contributed by atoms with Crippen molar-refractivity contribution >= 4 is 11.6 Å². The Bertz CT molecular complexity index is 982. The highest BCUT2D eigenvalue weighted by Crippen LogP contribution is 2.30. The maximum absolute atomic E-state index is 12.7. The monoisotopic (exact) mass is 373 g/mol. The molecule has 0 aliphatic heterocycles. The molecule has 1 aliphatic rings. The van der Waals surface area contributed by atoms with Crippen LogP contribution < -0.4 is 14.8 Å². The van der Waals surface area contributed by atoms with Gasteiger partial charge in [0.25, 0.3) is 5.91 Å². The molecule has 1 aliphatic carbocycles. The lowest BCUT2D eigenvalue weighted by Gasteiger charge is -2.13. The summed E-state index contributed by atoms with van der Waals surface area (Å²) in [6.45, 7) is 0.442. The second-order valence-electron chi connectivity index (χ2n) is 6.93. The Morgan fingerprint density at radius 2 is 1.75 bits per heavy atom. The van der Waals surface area contributed by atoms with Gasteiger partial charge >= 0.3 is 0 Å². The van der Waals surface area contributed by atoms with Gasteiger partial charge in [-0.2, -0.15) is 0 Å². The van der Waals surface area contributed by atoms with Crippen LogP contribution in [0.3, 0.4) is 0 Å². The first-order valence-electron chi connectivity index (χ1n) is 9.51. The first-order valence-corrected chi connectivity index (χ1v) is 9.51. The number of aryl methyl sites for hydroxylation is 2. The molecule has 1 N–H and O–H groups in total. The molecule has 3 aromatic carbocycles. The summed E-state index contributed by atoms with van der Waals surface area (Å²) in [5.74, 6) is 0.990. The highest BCUT2D eigenvalue weighted by Gasteiger charge is 2.14. The zero-order valence-electron chi connectivity index (χ0n) is 15.9. The molecule has 0 heterocycles. The summed E-state index contributed by atoms with van der Waals surface area (Å²) in [7, 11) is 1.58. The van der Waals surface area contributed by atoms with Crippen LogP contribution in [0.25, 0.3) is 0 Å². The minimum absolute atomic E-state index is 0.161. The highest BCUT2D eigenvalue weighted by molar-refractivity contribution is 6.04. The average Bonchev–Trinajstić information content (AvgIpc) is 3.20. The third kappa shape index (κ3) is 4.01. The maximum Gasteiger partial charge on any atom is 0.255 e. The Morgan fingerprint density at radius 3 is 2.57 bits per heavy atom. The smallest absolute Gasteiger partial charge is 0.255 e. The Labute approximate surface area is 165 Å². The minimum Gasteiger partial charge on any atom is -0.493 e. The molecule has 1 amide bonds. The van der Waals surface area contributed by atoms with Crippen molar-refractivity contribution in [2.75, 3.05) is 12.4 Å². The SMILES string of the molecule is COc1cc(C(=O)Nc2ccc3c(c2)CCC3)ccc1OCc1ccccc1. The van der Waals surface area contributed by atoms with Crippen molar-refractivity contribution in [1.29, 1.82) is 0 Å². The van der Waals surface area contributed by atoms with E-state index in [2.05, 4.69) is 17.4 Å². The summed E-state index contributed by atoms with van der Waals surface area (Å²) in [5, 5.41) is 2.98.